The molecular formula is C25H31ClF5N5O3. The fourth-order valence-corrected chi connectivity index (χ4v) is 5.22. The number of likely N-dealkylation sites (tertiary alicyclic amines) is 1. The predicted molar refractivity (Wildman–Crippen MR) is 134 cm³/mol. The molecule has 1 aliphatic heterocycles. The highest BCUT2D eigenvalue weighted by atomic mass is 35.5. The predicted octanol–water partition coefficient (Wildman–Crippen LogP) is 5.20. The summed E-state index contributed by atoms with van der Waals surface area (Å²) >= 11 is 0. The first kappa shape index (κ1) is 30.7. The summed E-state index contributed by atoms with van der Waals surface area (Å²) < 4.78 is 70.1. The van der Waals surface area contributed by atoms with E-state index in [4.69, 9.17) is 0 Å². The number of pyridine rings is 1. The van der Waals surface area contributed by atoms with Gasteiger partial charge in [0, 0.05) is 25.2 Å². The maximum absolute atomic E-state index is 13.7. The molecule has 1 saturated carbocycles. The van der Waals surface area contributed by atoms with Gasteiger partial charge in [0.15, 0.2) is 5.69 Å². The van der Waals surface area contributed by atoms with Gasteiger partial charge >= 0.3 is 12.1 Å². The largest absolute Gasteiger partial charge is 0.481 e. The Labute approximate surface area is 228 Å². The van der Waals surface area contributed by atoms with E-state index in [1.165, 1.54) is 27.9 Å². The van der Waals surface area contributed by atoms with Crippen LogP contribution in [-0.2, 0) is 11.0 Å². The SMILES string of the molecule is Cl.O=C(O)CC(CCN1CCCC(F)(F)C1)NC(=O)c1cc(-c2ncccc2C(F)(F)F)n(C2CCCC2)n1. The first-order valence-corrected chi connectivity index (χ1v) is 12.7. The standard InChI is InChI=1S/C25H30F5N5O3.ClH/c26-24(27)9-4-11-34(15-24)12-8-16(13-21(36)37)32-23(38)19-14-20(35(33-19)17-5-1-2-6-17)22-18(25(28,29)30)7-3-10-31-22;/h3,7,10,14,16-17H,1-2,4-6,8-9,11-13,15H2,(H,32,38)(H,36,37);1H. The maximum Gasteiger partial charge on any atom is 0.418 e. The Morgan fingerprint density at radius 1 is 1.21 bits per heavy atom. The van der Waals surface area contributed by atoms with E-state index in [2.05, 4.69) is 15.4 Å². The second-order valence-corrected chi connectivity index (χ2v) is 9.99. The van der Waals surface area contributed by atoms with Crippen LogP contribution < -0.4 is 5.32 Å². The van der Waals surface area contributed by atoms with Gasteiger partial charge in [-0.3, -0.25) is 24.2 Å². The average molecular weight is 580 g/mol. The number of carbonyl (C=O) groups is 2. The molecule has 0 bridgehead atoms. The van der Waals surface area contributed by atoms with Crippen molar-refractivity contribution in [3.05, 3.63) is 35.7 Å². The third kappa shape index (κ3) is 7.87. The van der Waals surface area contributed by atoms with E-state index in [0.717, 1.165) is 18.9 Å². The zero-order valence-electron chi connectivity index (χ0n) is 21.1. The van der Waals surface area contributed by atoms with Gasteiger partial charge in [-0.15, -0.1) is 12.4 Å². The monoisotopic (exact) mass is 579 g/mol. The van der Waals surface area contributed by atoms with Crippen molar-refractivity contribution in [2.75, 3.05) is 19.6 Å². The quantitative estimate of drug-likeness (QED) is 0.396. The number of aromatic nitrogens is 3. The molecule has 2 aromatic heterocycles. The Morgan fingerprint density at radius 3 is 2.56 bits per heavy atom. The van der Waals surface area contributed by atoms with Crippen molar-refractivity contribution in [3.8, 4) is 11.4 Å². The van der Waals surface area contributed by atoms with Crippen LogP contribution in [0.25, 0.3) is 11.4 Å². The zero-order valence-corrected chi connectivity index (χ0v) is 21.9. The summed E-state index contributed by atoms with van der Waals surface area (Å²) in [5.74, 6) is -4.74. The molecule has 2 N–H and O–H groups in total. The van der Waals surface area contributed by atoms with Gasteiger partial charge in [0.1, 0.15) is 5.69 Å². The van der Waals surface area contributed by atoms with Crippen molar-refractivity contribution >= 4 is 24.3 Å². The molecule has 1 amide bonds. The molecule has 2 aromatic rings. The van der Waals surface area contributed by atoms with Gasteiger partial charge < -0.3 is 10.4 Å². The Morgan fingerprint density at radius 2 is 1.92 bits per heavy atom. The van der Waals surface area contributed by atoms with E-state index in [1.807, 2.05) is 0 Å². The number of piperidine rings is 1. The molecule has 1 unspecified atom stereocenters. The number of hydrogen-bond donors (Lipinski definition) is 2. The van der Waals surface area contributed by atoms with Crippen molar-refractivity contribution in [3.63, 3.8) is 0 Å². The van der Waals surface area contributed by atoms with Crippen LogP contribution in [0.3, 0.4) is 0 Å². The highest BCUT2D eigenvalue weighted by molar-refractivity contribution is 5.94. The molecule has 0 aromatic carbocycles. The van der Waals surface area contributed by atoms with Crippen LogP contribution in [0, 0.1) is 0 Å². The van der Waals surface area contributed by atoms with Crippen LogP contribution in [-0.4, -0.2) is 68.2 Å². The fourth-order valence-electron chi connectivity index (χ4n) is 5.22. The Balaban J connectivity index is 0.00000420. The minimum atomic E-state index is -4.67. The van der Waals surface area contributed by atoms with Crippen molar-refractivity contribution in [2.45, 2.75) is 75.5 Å². The Kier molecular flexibility index (Phi) is 9.92. The van der Waals surface area contributed by atoms with E-state index >= 15 is 0 Å². The number of nitrogens with zero attached hydrogens (tertiary/aromatic N) is 4. The highest BCUT2D eigenvalue weighted by Crippen LogP contribution is 2.39. The van der Waals surface area contributed by atoms with E-state index in [1.54, 1.807) is 0 Å². The number of aliphatic carboxylic acids is 1. The lowest BCUT2D eigenvalue weighted by atomic mass is 10.1. The number of amides is 1. The van der Waals surface area contributed by atoms with Gasteiger partial charge in [-0.05, 0) is 50.4 Å². The van der Waals surface area contributed by atoms with Crippen LogP contribution in [0.15, 0.2) is 24.4 Å². The first-order chi connectivity index (χ1) is 17.9. The number of alkyl halides is 5. The molecule has 1 saturated heterocycles. The third-order valence-corrected chi connectivity index (χ3v) is 7.02. The highest BCUT2D eigenvalue weighted by Gasteiger charge is 2.37. The fraction of sp³-hybridized carbons (Fsp3) is 0.600. The normalized spacial score (nSPS) is 18.9. The second-order valence-electron chi connectivity index (χ2n) is 9.99. The molecule has 39 heavy (non-hydrogen) atoms. The van der Waals surface area contributed by atoms with Crippen molar-refractivity contribution < 1.29 is 36.6 Å². The lowest BCUT2D eigenvalue weighted by molar-refractivity contribution is -0.138. The summed E-state index contributed by atoms with van der Waals surface area (Å²) in [6, 6.07) is 2.27. The second kappa shape index (κ2) is 12.6. The molecule has 0 spiro atoms. The summed E-state index contributed by atoms with van der Waals surface area (Å²) in [4.78, 5) is 30.0. The Bertz CT molecular complexity index is 1150. The lowest BCUT2D eigenvalue weighted by Crippen LogP contribution is -2.45. The van der Waals surface area contributed by atoms with Gasteiger partial charge in [-0.2, -0.15) is 18.3 Å². The van der Waals surface area contributed by atoms with Gasteiger partial charge in [0.2, 0.25) is 0 Å². The van der Waals surface area contributed by atoms with Crippen molar-refractivity contribution in [2.24, 2.45) is 0 Å². The number of carboxylic acid groups (broad SMARTS) is 1. The number of nitrogens with one attached hydrogen (secondary N) is 1. The van der Waals surface area contributed by atoms with Crippen LogP contribution in [0.2, 0.25) is 0 Å². The number of halogens is 6. The van der Waals surface area contributed by atoms with E-state index < -0.39 is 48.5 Å². The van der Waals surface area contributed by atoms with Gasteiger partial charge in [-0.25, -0.2) is 8.78 Å². The first-order valence-electron chi connectivity index (χ1n) is 12.7. The molecule has 216 valence electrons. The van der Waals surface area contributed by atoms with E-state index in [0.29, 0.717) is 25.8 Å². The summed E-state index contributed by atoms with van der Waals surface area (Å²) in [5.41, 5.74) is -1.40. The Hall–Kier alpha value is -2.80. The maximum atomic E-state index is 13.7. The molecule has 8 nitrogen and oxygen atoms in total. The van der Waals surface area contributed by atoms with E-state index in [-0.39, 0.29) is 54.9 Å². The van der Waals surface area contributed by atoms with Gasteiger partial charge in [0.05, 0.1) is 30.3 Å². The number of hydrogen-bond acceptors (Lipinski definition) is 5. The summed E-state index contributed by atoms with van der Waals surface area (Å²) in [5, 5.41) is 16.2. The average Bonchev–Trinajstić information content (AvgIpc) is 3.51. The van der Waals surface area contributed by atoms with Gasteiger partial charge in [-0.1, -0.05) is 12.8 Å². The molecule has 4 rings (SSSR count). The van der Waals surface area contributed by atoms with Crippen LogP contribution in [0.1, 0.15) is 73.5 Å². The number of carboxylic acids is 1. The number of rotatable bonds is 9. The molecule has 14 heteroatoms. The summed E-state index contributed by atoms with van der Waals surface area (Å²) in [7, 11) is 0. The zero-order chi connectivity index (χ0) is 27.5. The number of carbonyl (C=O) groups excluding carboxylic acids is 1. The van der Waals surface area contributed by atoms with Crippen molar-refractivity contribution in [1.82, 2.24) is 25.0 Å². The third-order valence-electron chi connectivity index (χ3n) is 7.02. The molecule has 2 fully saturated rings. The van der Waals surface area contributed by atoms with E-state index in [9.17, 15) is 36.6 Å². The molecule has 1 aliphatic carbocycles. The van der Waals surface area contributed by atoms with Crippen LogP contribution in [0.4, 0.5) is 22.0 Å². The topological polar surface area (TPSA) is 100 Å². The molecule has 3 heterocycles. The van der Waals surface area contributed by atoms with Crippen molar-refractivity contribution in [1.29, 1.82) is 0 Å². The molecule has 2 aliphatic rings. The van der Waals surface area contributed by atoms with Crippen LogP contribution >= 0.6 is 12.4 Å². The smallest absolute Gasteiger partial charge is 0.418 e. The molecule has 0 radical (unpaired) electrons. The summed E-state index contributed by atoms with van der Waals surface area (Å²) in [6.07, 6.45) is -0.523. The molecule has 1 atom stereocenters. The summed E-state index contributed by atoms with van der Waals surface area (Å²) in [6.45, 7) is 0.185. The van der Waals surface area contributed by atoms with Gasteiger partial charge in [0.25, 0.3) is 11.8 Å². The molecular weight excluding hydrogens is 549 g/mol. The lowest BCUT2D eigenvalue weighted by Gasteiger charge is -2.33. The minimum absolute atomic E-state index is 0. The minimum Gasteiger partial charge on any atom is -0.481 e. The van der Waals surface area contributed by atoms with Crippen LogP contribution in [0.5, 0.6) is 0 Å².